The minimum atomic E-state index is -4.47. The Labute approximate surface area is 115 Å². The molecular formula is C12H7F3INO. The van der Waals surface area contributed by atoms with Crippen LogP contribution < -0.4 is 0 Å². The van der Waals surface area contributed by atoms with Crippen molar-refractivity contribution in [1.82, 2.24) is 4.98 Å². The van der Waals surface area contributed by atoms with E-state index in [1.54, 1.807) is 28.7 Å². The summed E-state index contributed by atoms with van der Waals surface area (Å²) in [5.41, 5.74) is -0.501. The van der Waals surface area contributed by atoms with Gasteiger partial charge >= 0.3 is 6.18 Å². The largest absolute Gasteiger partial charge is 0.507 e. The smallest absolute Gasteiger partial charge is 0.417 e. The number of nitrogens with zero attached hydrogens (tertiary/aromatic N) is 1. The van der Waals surface area contributed by atoms with E-state index in [9.17, 15) is 18.3 Å². The molecule has 94 valence electrons. The molecule has 0 fully saturated rings. The first-order valence-corrected chi connectivity index (χ1v) is 5.98. The highest BCUT2D eigenvalue weighted by atomic mass is 127. The van der Waals surface area contributed by atoms with Crippen molar-refractivity contribution in [2.45, 2.75) is 6.18 Å². The summed E-state index contributed by atoms with van der Waals surface area (Å²) in [6, 6.07) is 5.00. The molecule has 18 heavy (non-hydrogen) atoms. The second-order valence-corrected chi connectivity index (χ2v) is 4.64. The van der Waals surface area contributed by atoms with Gasteiger partial charge in [-0.3, -0.25) is 4.98 Å². The van der Waals surface area contributed by atoms with Gasteiger partial charge in [-0.2, -0.15) is 13.2 Å². The molecule has 0 bridgehead atoms. The Morgan fingerprint density at radius 1 is 1.17 bits per heavy atom. The summed E-state index contributed by atoms with van der Waals surface area (Å²) in [6.07, 6.45) is -1.66. The Balaban J connectivity index is 2.75. The Bertz CT molecular complexity index is 570. The molecule has 6 heteroatoms. The molecule has 0 aliphatic heterocycles. The molecule has 0 radical (unpaired) electrons. The van der Waals surface area contributed by atoms with Gasteiger partial charge in [0, 0.05) is 23.5 Å². The summed E-state index contributed by atoms with van der Waals surface area (Å²) in [5.74, 6) is -0.178. The van der Waals surface area contributed by atoms with E-state index in [1.807, 2.05) is 0 Å². The molecule has 0 saturated carbocycles. The molecule has 0 spiro atoms. The number of phenolic OH excluding ortho intramolecular Hbond substituents is 1. The maximum Gasteiger partial charge on any atom is 0.417 e. The number of aromatic hydroxyl groups is 1. The number of aromatic nitrogens is 1. The van der Waals surface area contributed by atoms with Crippen molar-refractivity contribution < 1.29 is 18.3 Å². The van der Waals surface area contributed by atoms with Crippen molar-refractivity contribution in [1.29, 1.82) is 0 Å². The van der Waals surface area contributed by atoms with Crippen LogP contribution in [0.3, 0.4) is 0 Å². The van der Waals surface area contributed by atoms with Crippen LogP contribution in [-0.4, -0.2) is 10.1 Å². The van der Waals surface area contributed by atoms with Crippen molar-refractivity contribution in [2.75, 3.05) is 0 Å². The van der Waals surface area contributed by atoms with Crippen molar-refractivity contribution >= 4 is 22.6 Å². The van der Waals surface area contributed by atoms with Crippen LogP contribution in [0.4, 0.5) is 13.2 Å². The van der Waals surface area contributed by atoms with Gasteiger partial charge in [0.2, 0.25) is 0 Å². The highest BCUT2D eigenvalue weighted by molar-refractivity contribution is 14.1. The van der Waals surface area contributed by atoms with Crippen LogP contribution in [0.25, 0.3) is 11.1 Å². The van der Waals surface area contributed by atoms with Gasteiger partial charge in [0.15, 0.2) is 0 Å². The standard InChI is InChI=1S/C12H7F3INO/c13-12(14,15)8-3-4-9(18)11(16)10(8)7-2-1-5-17-6-7/h1-6,18H. The fourth-order valence-corrected chi connectivity index (χ4v) is 2.38. The second kappa shape index (κ2) is 4.75. The summed E-state index contributed by atoms with van der Waals surface area (Å²) in [5, 5.41) is 9.56. The molecule has 1 N–H and O–H groups in total. The van der Waals surface area contributed by atoms with Crippen molar-refractivity contribution in [2.24, 2.45) is 0 Å². The zero-order chi connectivity index (χ0) is 13.3. The van der Waals surface area contributed by atoms with Gasteiger partial charge in [-0.05, 0) is 40.8 Å². The average molecular weight is 365 g/mol. The molecule has 0 amide bonds. The predicted octanol–water partition coefficient (Wildman–Crippen LogP) is 4.08. The van der Waals surface area contributed by atoms with Crippen LogP contribution in [0.1, 0.15) is 5.56 Å². The zero-order valence-electron chi connectivity index (χ0n) is 8.87. The van der Waals surface area contributed by atoms with Crippen LogP contribution in [-0.2, 0) is 6.18 Å². The lowest BCUT2D eigenvalue weighted by Gasteiger charge is -2.15. The minimum Gasteiger partial charge on any atom is -0.507 e. The molecule has 2 nitrogen and oxygen atoms in total. The lowest BCUT2D eigenvalue weighted by Crippen LogP contribution is -2.08. The van der Waals surface area contributed by atoms with E-state index in [2.05, 4.69) is 4.98 Å². The lowest BCUT2D eigenvalue weighted by atomic mass is 10.0. The average Bonchev–Trinajstić information content (AvgIpc) is 2.32. The molecule has 0 saturated heterocycles. The third-order valence-electron chi connectivity index (χ3n) is 2.38. The van der Waals surface area contributed by atoms with Crippen LogP contribution >= 0.6 is 22.6 Å². The second-order valence-electron chi connectivity index (χ2n) is 3.56. The number of halogens is 4. The first-order chi connectivity index (χ1) is 8.41. The first-order valence-electron chi connectivity index (χ1n) is 4.90. The van der Waals surface area contributed by atoms with Crippen LogP contribution in [0.5, 0.6) is 5.75 Å². The third-order valence-corrected chi connectivity index (χ3v) is 3.47. The number of hydrogen-bond donors (Lipinski definition) is 1. The van der Waals surface area contributed by atoms with Gasteiger partial charge in [0.05, 0.1) is 9.13 Å². The van der Waals surface area contributed by atoms with E-state index >= 15 is 0 Å². The van der Waals surface area contributed by atoms with Crippen molar-refractivity contribution in [3.05, 3.63) is 45.8 Å². The van der Waals surface area contributed by atoms with Crippen LogP contribution in [0.2, 0.25) is 0 Å². The predicted molar refractivity (Wildman–Crippen MR) is 69.1 cm³/mol. The molecule has 0 aliphatic carbocycles. The summed E-state index contributed by atoms with van der Waals surface area (Å²) >= 11 is 1.70. The Morgan fingerprint density at radius 3 is 2.44 bits per heavy atom. The third kappa shape index (κ3) is 2.43. The van der Waals surface area contributed by atoms with Crippen LogP contribution in [0, 0.1) is 3.57 Å². The molecule has 0 aliphatic rings. The van der Waals surface area contributed by atoms with E-state index in [0.29, 0.717) is 5.56 Å². The number of rotatable bonds is 1. The molecule has 2 aromatic rings. The summed E-state index contributed by atoms with van der Waals surface area (Å²) in [6.45, 7) is 0. The van der Waals surface area contributed by atoms with Gasteiger partial charge < -0.3 is 5.11 Å². The summed E-state index contributed by atoms with van der Waals surface area (Å²) in [7, 11) is 0. The fourth-order valence-electron chi connectivity index (χ4n) is 1.59. The van der Waals surface area contributed by atoms with Gasteiger partial charge in [-0.15, -0.1) is 0 Å². The van der Waals surface area contributed by atoms with Gasteiger partial charge in [-0.1, -0.05) is 6.07 Å². The number of pyridine rings is 1. The molecule has 1 heterocycles. The lowest BCUT2D eigenvalue weighted by molar-refractivity contribution is -0.137. The van der Waals surface area contributed by atoms with E-state index in [-0.39, 0.29) is 14.9 Å². The van der Waals surface area contributed by atoms with Gasteiger partial charge in [0.1, 0.15) is 5.75 Å². The van der Waals surface area contributed by atoms with E-state index in [1.165, 1.54) is 18.5 Å². The number of hydrogen-bond acceptors (Lipinski definition) is 2. The quantitative estimate of drug-likeness (QED) is 0.773. The highest BCUT2D eigenvalue weighted by Gasteiger charge is 2.35. The van der Waals surface area contributed by atoms with Crippen molar-refractivity contribution in [3.8, 4) is 16.9 Å². The summed E-state index contributed by atoms with van der Waals surface area (Å²) < 4.78 is 39.0. The molecule has 1 aromatic carbocycles. The van der Waals surface area contributed by atoms with E-state index in [4.69, 9.17) is 0 Å². The maximum atomic E-state index is 12.9. The van der Waals surface area contributed by atoms with E-state index in [0.717, 1.165) is 12.1 Å². The number of alkyl halides is 3. The van der Waals surface area contributed by atoms with Gasteiger partial charge in [0.25, 0.3) is 0 Å². The maximum absolute atomic E-state index is 12.9. The van der Waals surface area contributed by atoms with Crippen LogP contribution in [0.15, 0.2) is 36.7 Å². The monoisotopic (exact) mass is 365 g/mol. The Morgan fingerprint density at radius 2 is 1.89 bits per heavy atom. The number of phenols is 1. The zero-order valence-corrected chi connectivity index (χ0v) is 11.0. The SMILES string of the molecule is Oc1ccc(C(F)(F)F)c(-c2cccnc2)c1I. The molecule has 0 atom stereocenters. The molecule has 2 rings (SSSR count). The van der Waals surface area contributed by atoms with E-state index < -0.39 is 11.7 Å². The van der Waals surface area contributed by atoms with Gasteiger partial charge in [-0.25, -0.2) is 0 Å². The normalized spacial score (nSPS) is 11.6. The Kier molecular flexibility index (Phi) is 3.47. The minimum absolute atomic E-state index is 0.0452. The topological polar surface area (TPSA) is 33.1 Å². The molecular weight excluding hydrogens is 358 g/mol. The fraction of sp³-hybridized carbons (Fsp3) is 0.0833. The molecule has 1 aromatic heterocycles. The Hall–Kier alpha value is -1.31. The summed E-state index contributed by atoms with van der Waals surface area (Å²) in [4.78, 5) is 3.80. The first kappa shape index (κ1) is 13.1. The highest BCUT2D eigenvalue weighted by Crippen LogP contribution is 2.42. The molecule has 0 unspecified atom stereocenters. The van der Waals surface area contributed by atoms with Crippen molar-refractivity contribution in [3.63, 3.8) is 0 Å². The number of benzene rings is 1.